The van der Waals surface area contributed by atoms with Gasteiger partial charge in [0.15, 0.2) is 5.69 Å². The van der Waals surface area contributed by atoms with Crippen LogP contribution in [0.3, 0.4) is 0 Å². The van der Waals surface area contributed by atoms with Gasteiger partial charge in [-0.15, -0.1) is 0 Å². The molecule has 1 aromatic carbocycles. The van der Waals surface area contributed by atoms with E-state index in [-0.39, 0.29) is 5.91 Å². The first-order valence-corrected chi connectivity index (χ1v) is 8.94. The minimum absolute atomic E-state index is 0.116. The van der Waals surface area contributed by atoms with Crippen LogP contribution in [0.4, 0.5) is 5.95 Å². The Morgan fingerprint density at radius 3 is 2.88 bits per heavy atom. The third-order valence-electron chi connectivity index (χ3n) is 4.88. The van der Waals surface area contributed by atoms with Crippen LogP contribution in [-0.4, -0.2) is 45.3 Å². The number of carbonyl (C=O) groups excluding carboxylic acids is 1. The molecule has 1 saturated heterocycles. The van der Waals surface area contributed by atoms with Gasteiger partial charge in [-0.05, 0) is 30.9 Å². The number of hydrogen-bond acceptors (Lipinski definition) is 5. The van der Waals surface area contributed by atoms with E-state index in [0.717, 1.165) is 42.8 Å². The van der Waals surface area contributed by atoms with E-state index in [0.29, 0.717) is 18.2 Å². The van der Waals surface area contributed by atoms with Crippen molar-refractivity contribution >= 4 is 22.8 Å². The van der Waals surface area contributed by atoms with E-state index < -0.39 is 0 Å². The van der Waals surface area contributed by atoms with Crippen LogP contribution in [0.5, 0.6) is 0 Å². The molecule has 1 aliphatic heterocycles. The zero-order valence-electron chi connectivity index (χ0n) is 14.8. The van der Waals surface area contributed by atoms with Crippen LogP contribution in [0.1, 0.15) is 23.3 Å². The van der Waals surface area contributed by atoms with Crippen LogP contribution in [-0.2, 0) is 7.05 Å². The Kier molecular flexibility index (Phi) is 4.51. The van der Waals surface area contributed by atoms with Crippen molar-refractivity contribution in [2.45, 2.75) is 12.8 Å². The first-order chi connectivity index (χ1) is 12.7. The summed E-state index contributed by atoms with van der Waals surface area (Å²) in [6.07, 6.45) is 5.69. The van der Waals surface area contributed by atoms with Gasteiger partial charge >= 0.3 is 0 Å². The number of aryl methyl sites for hydroxylation is 1. The number of hydrogen-bond donors (Lipinski definition) is 1. The normalized spacial score (nSPS) is 17.4. The smallest absolute Gasteiger partial charge is 0.272 e. The lowest BCUT2D eigenvalue weighted by atomic mass is 9.98. The summed E-state index contributed by atoms with van der Waals surface area (Å²) in [6, 6.07) is 9.61. The molecule has 1 atom stereocenters. The lowest BCUT2D eigenvalue weighted by Gasteiger charge is -2.32. The maximum absolute atomic E-state index is 12.6. The van der Waals surface area contributed by atoms with Crippen molar-refractivity contribution in [2.75, 3.05) is 24.5 Å². The third kappa shape index (κ3) is 3.24. The molecule has 1 fully saturated rings. The van der Waals surface area contributed by atoms with Crippen molar-refractivity contribution in [1.82, 2.24) is 25.1 Å². The monoisotopic (exact) mass is 350 g/mol. The molecule has 0 bridgehead atoms. The minimum atomic E-state index is -0.116. The van der Waals surface area contributed by atoms with Crippen LogP contribution >= 0.6 is 0 Å². The number of nitrogens with zero attached hydrogens (tertiary/aromatic N) is 5. The number of para-hydroxylation sites is 1. The Morgan fingerprint density at radius 1 is 1.23 bits per heavy atom. The van der Waals surface area contributed by atoms with Gasteiger partial charge in [0.1, 0.15) is 0 Å². The fourth-order valence-corrected chi connectivity index (χ4v) is 3.57. The van der Waals surface area contributed by atoms with Gasteiger partial charge in [0, 0.05) is 44.5 Å². The minimum Gasteiger partial charge on any atom is -0.350 e. The number of nitrogens with one attached hydrogen (secondary N) is 1. The summed E-state index contributed by atoms with van der Waals surface area (Å²) >= 11 is 0. The van der Waals surface area contributed by atoms with E-state index in [1.165, 1.54) is 0 Å². The lowest BCUT2D eigenvalue weighted by molar-refractivity contribution is 0.0941. The first kappa shape index (κ1) is 16.5. The predicted octanol–water partition coefficient (Wildman–Crippen LogP) is 2.01. The van der Waals surface area contributed by atoms with Crippen LogP contribution < -0.4 is 10.2 Å². The molecule has 4 rings (SSSR count). The molecule has 7 heteroatoms. The SMILES string of the molecule is Cn1nc(C(=O)NC[C@@H]2CCCN(c3ncccn3)C2)c2ccccc21. The second-order valence-electron chi connectivity index (χ2n) is 6.70. The van der Waals surface area contributed by atoms with Gasteiger partial charge in [0.25, 0.3) is 5.91 Å². The van der Waals surface area contributed by atoms with Gasteiger partial charge in [-0.3, -0.25) is 9.48 Å². The van der Waals surface area contributed by atoms with Crippen LogP contribution in [0.15, 0.2) is 42.7 Å². The molecular formula is C19H22N6O. The highest BCUT2D eigenvalue weighted by Gasteiger charge is 2.23. The van der Waals surface area contributed by atoms with Gasteiger partial charge in [-0.1, -0.05) is 18.2 Å². The number of fused-ring (bicyclic) bond motifs is 1. The summed E-state index contributed by atoms with van der Waals surface area (Å²) in [5, 5.41) is 8.34. The number of amides is 1. The fourth-order valence-electron chi connectivity index (χ4n) is 3.57. The van der Waals surface area contributed by atoms with Gasteiger partial charge < -0.3 is 10.2 Å². The number of anilines is 1. The Hall–Kier alpha value is -2.96. The highest BCUT2D eigenvalue weighted by atomic mass is 16.1. The molecule has 0 saturated carbocycles. The average molecular weight is 350 g/mol. The molecule has 1 N–H and O–H groups in total. The summed E-state index contributed by atoms with van der Waals surface area (Å²) in [6.45, 7) is 2.44. The second-order valence-corrected chi connectivity index (χ2v) is 6.70. The highest BCUT2D eigenvalue weighted by Crippen LogP contribution is 2.20. The van der Waals surface area contributed by atoms with Gasteiger partial charge in [-0.25, -0.2) is 9.97 Å². The molecule has 26 heavy (non-hydrogen) atoms. The number of aromatic nitrogens is 4. The molecule has 1 amide bonds. The Balaban J connectivity index is 1.41. The molecule has 0 aliphatic carbocycles. The fraction of sp³-hybridized carbons (Fsp3) is 0.368. The van der Waals surface area contributed by atoms with Gasteiger partial charge in [-0.2, -0.15) is 5.10 Å². The molecule has 3 aromatic rings. The molecule has 134 valence electrons. The van der Waals surface area contributed by atoms with E-state index in [1.54, 1.807) is 17.1 Å². The summed E-state index contributed by atoms with van der Waals surface area (Å²) in [4.78, 5) is 23.5. The van der Waals surface area contributed by atoms with Gasteiger partial charge in [0.05, 0.1) is 5.52 Å². The quantitative estimate of drug-likeness (QED) is 0.779. The molecule has 0 unspecified atom stereocenters. The Bertz CT molecular complexity index is 907. The first-order valence-electron chi connectivity index (χ1n) is 8.94. The van der Waals surface area contributed by atoms with Crippen molar-refractivity contribution in [2.24, 2.45) is 13.0 Å². The number of rotatable bonds is 4. The summed E-state index contributed by atoms with van der Waals surface area (Å²) in [7, 11) is 1.86. The second kappa shape index (κ2) is 7.11. The third-order valence-corrected chi connectivity index (χ3v) is 4.88. The number of piperidine rings is 1. The topological polar surface area (TPSA) is 75.9 Å². The lowest BCUT2D eigenvalue weighted by Crippen LogP contribution is -2.41. The highest BCUT2D eigenvalue weighted by molar-refractivity contribution is 6.04. The molecule has 1 aliphatic rings. The van der Waals surface area contributed by atoms with E-state index in [2.05, 4.69) is 25.3 Å². The van der Waals surface area contributed by atoms with Crippen molar-refractivity contribution in [1.29, 1.82) is 0 Å². The van der Waals surface area contributed by atoms with Crippen molar-refractivity contribution < 1.29 is 4.79 Å². The molecular weight excluding hydrogens is 328 g/mol. The summed E-state index contributed by atoms with van der Waals surface area (Å²) in [5.74, 6) is 1.03. The average Bonchev–Trinajstić information content (AvgIpc) is 3.04. The zero-order valence-corrected chi connectivity index (χ0v) is 14.8. The number of benzene rings is 1. The predicted molar refractivity (Wildman–Crippen MR) is 100 cm³/mol. The zero-order chi connectivity index (χ0) is 17.9. The van der Waals surface area contributed by atoms with E-state index in [4.69, 9.17) is 0 Å². The summed E-state index contributed by atoms with van der Waals surface area (Å²) < 4.78 is 1.75. The maximum Gasteiger partial charge on any atom is 0.272 e. The van der Waals surface area contributed by atoms with Crippen molar-refractivity contribution in [3.8, 4) is 0 Å². The molecule has 2 aromatic heterocycles. The van der Waals surface area contributed by atoms with Crippen LogP contribution in [0, 0.1) is 5.92 Å². The molecule has 0 radical (unpaired) electrons. The Morgan fingerprint density at radius 2 is 2.04 bits per heavy atom. The molecule has 7 nitrogen and oxygen atoms in total. The van der Waals surface area contributed by atoms with E-state index in [9.17, 15) is 4.79 Å². The maximum atomic E-state index is 12.6. The van der Waals surface area contributed by atoms with E-state index in [1.807, 2.05) is 37.4 Å². The van der Waals surface area contributed by atoms with Crippen molar-refractivity contribution in [3.05, 3.63) is 48.4 Å². The van der Waals surface area contributed by atoms with Crippen molar-refractivity contribution in [3.63, 3.8) is 0 Å². The van der Waals surface area contributed by atoms with Gasteiger partial charge in [0.2, 0.25) is 5.95 Å². The molecule has 3 heterocycles. The standard InChI is InChI=1S/C19H22N6O/c1-24-16-8-3-2-7-15(16)17(23-24)18(26)22-12-14-6-4-11-25(13-14)19-20-9-5-10-21-19/h2-3,5,7-10,14H,4,6,11-13H2,1H3,(H,22,26)/t14-/m0/s1. The Labute approximate surface area is 152 Å². The van der Waals surface area contributed by atoms with Crippen LogP contribution in [0.2, 0.25) is 0 Å². The number of carbonyl (C=O) groups is 1. The largest absolute Gasteiger partial charge is 0.350 e. The van der Waals surface area contributed by atoms with Crippen LogP contribution in [0.25, 0.3) is 10.9 Å². The summed E-state index contributed by atoms with van der Waals surface area (Å²) in [5.41, 5.74) is 1.45. The van der Waals surface area contributed by atoms with E-state index >= 15 is 0 Å². The molecule has 0 spiro atoms.